The second-order valence-corrected chi connectivity index (χ2v) is 7.39. The van der Waals surface area contributed by atoms with Crippen LogP contribution in [0.3, 0.4) is 0 Å². The number of ketones is 1. The fourth-order valence-corrected chi connectivity index (χ4v) is 3.84. The van der Waals surface area contributed by atoms with Crippen molar-refractivity contribution in [1.82, 2.24) is 4.98 Å². The highest BCUT2D eigenvalue weighted by Crippen LogP contribution is 2.34. The van der Waals surface area contributed by atoms with Crippen LogP contribution in [0.4, 0.5) is 0 Å². The molecule has 0 aliphatic heterocycles. The predicted octanol–water partition coefficient (Wildman–Crippen LogP) is 5.13. The van der Waals surface area contributed by atoms with Gasteiger partial charge in [-0.1, -0.05) is 51.0 Å². The predicted molar refractivity (Wildman–Crippen MR) is 105 cm³/mol. The Morgan fingerprint density at radius 2 is 2.12 bits per heavy atom. The van der Waals surface area contributed by atoms with Crippen LogP contribution in [-0.4, -0.2) is 22.0 Å². The third kappa shape index (κ3) is 6.05. The van der Waals surface area contributed by atoms with Gasteiger partial charge in [0.2, 0.25) is 0 Å². The number of aromatic nitrogens is 1. The average Bonchev–Trinajstić information content (AvgIpc) is 3.20. The van der Waals surface area contributed by atoms with Crippen molar-refractivity contribution < 1.29 is 9.90 Å². The quantitative estimate of drug-likeness (QED) is 0.358. The van der Waals surface area contributed by atoms with Crippen molar-refractivity contribution in [2.45, 2.75) is 70.8 Å². The second-order valence-electron chi connectivity index (χ2n) is 6.50. The van der Waals surface area contributed by atoms with Gasteiger partial charge in [0.25, 0.3) is 0 Å². The highest BCUT2D eigenvalue weighted by atomic mass is 32.1. The maximum Gasteiger partial charge on any atom is 0.182 e. The SMILES string of the molecule is CC/C=C\CC(O)C/C=C1/C(=O)C=CC1c1nc(CCCCC)cs1. The first-order valence-electron chi connectivity index (χ1n) is 9.35. The van der Waals surface area contributed by atoms with Gasteiger partial charge in [-0.3, -0.25) is 4.79 Å². The lowest BCUT2D eigenvalue weighted by Gasteiger charge is -2.09. The van der Waals surface area contributed by atoms with Crippen LogP contribution in [0.15, 0.2) is 41.3 Å². The Bertz CT molecular complexity index is 642. The number of rotatable bonds is 10. The van der Waals surface area contributed by atoms with Gasteiger partial charge in [-0.2, -0.15) is 0 Å². The maximum absolute atomic E-state index is 12.2. The summed E-state index contributed by atoms with van der Waals surface area (Å²) in [5, 5.41) is 13.2. The lowest BCUT2D eigenvalue weighted by molar-refractivity contribution is -0.111. The number of aliphatic hydroxyl groups excluding tert-OH is 1. The number of unbranched alkanes of at least 4 members (excludes halogenated alkanes) is 2. The number of hydrogen-bond donors (Lipinski definition) is 1. The van der Waals surface area contributed by atoms with E-state index < -0.39 is 6.10 Å². The fourth-order valence-electron chi connectivity index (χ4n) is 2.90. The summed E-state index contributed by atoms with van der Waals surface area (Å²) in [6.07, 6.45) is 15.8. The molecule has 1 aliphatic rings. The van der Waals surface area contributed by atoms with Crippen molar-refractivity contribution in [3.8, 4) is 0 Å². The van der Waals surface area contributed by atoms with Crippen LogP contribution in [0.2, 0.25) is 0 Å². The number of thiazole rings is 1. The number of carbonyl (C=O) groups is 1. The molecule has 1 aromatic rings. The van der Waals surface area contributed by atoms with E-state index >= 15 is 0 Å². The van der Waals surface area contributed by atoms with E-state index in [1.54, 1.807) is 17.4 Å². The molecule has 1 aliphatic carbocycles. The van der Waals surface area contributed by atoms with Gasteiger partial charge in [0.1, 0.15) is 5.01 Å². The Morgan fingerprint density at radius 1 is 1.28 bits per heavy atom. The molecule has 0 spiro atoms. The zero-order valence-corrected chi connectivity index (χ0v) is 16.1. The van der Waals surface area contributed by atoms with Crippen LogP contribution < -0.4 is 0 Å². The van der Waals surface area contributed by atoms with Crippen LogP contribution in [0.5, 0.6) is 0 Å². The minimum atomic E-state index is -0.440. The first-order chi connectivity index (χ1) is 12.2. The molecule has 0 bridgehead atoms. The van der Waals surface area contributed by atoms with Crippen molar-refractivity contribution in [3.05, 3.63) is 52.0 Å². The van der Waals surface area contributed by atoms with Crippen LogP contribution in [0.1, 0.15) is 69.0 Å². The van der Waals surface area contributed by atoms with Crippen LogP contribution in [0.25, 0.3) is 0 Å². The van der Waals surface area contributed by atoms with Crippen LogP contribution in [0, 0.1) is 0 Å². The van der Waals surface area contributed by atoms with Gasteiger partial charge in [0, 0.05) is 11.0 Å². The van der Waals surface area contributed by atoms with Crippen molar-refractivity contribution in [1.29, 1.82) is 0 Å². The summed E-state index contributed by atoms with van der Waals surface area (Å²) in [5.41, 5.74) is 1.89. The first-order valence-corrected chi connectivity index (χ1v) is 10.2. The summed E-state index contributed by atoms with van der Waals surface area (Å²) in [5.74, 6) is -0.000146. The van der Waals surface area contributed by atoms with Gasteiger partial charge in [0.15, 0.2) is 5.78 Å². The van der Waals surface area contributed by atoms with E-state index in [0.717, 1.165) is 29.1 Å². The van der Waals surface area contributed by atoms with Gasteiger partial charge in [0.05, 0.1) is 17.7 Å². The Hall–Kier alpha value is -1.52. The molecular weight excluding hydrogens is 330 g/mol. The molecule has 2 rings (SSSR count). The molecule has 0 fully saturated rings. The highest BCUT2D eigenvalue weighted by molar-refractivity contribution is 7.09. The van der Waals surface area contributed by atoms with Gasteiger partial charge in [-0.15, -0.1) is 11.3 Å². The van der Waals surface area contributed by atoms with Crippen molar-refractivity contribution in [2.75, 3.05) is 0 Å². The summed E-state index contributed by atoms with van der Waals surface area (Å²) >= 11 is 1.63. The molecule has 1 aromatic heterocycles. The van der Waals surface area contributed by atoms with E-state index in [-0.39, 0.29) is 11.7 Å². The number of aliphatic hydroxyl groups is 1. The Balaban J connectivity index is 1.99. The van der Waals surface area contributed by atoms with E-state index in [9.17, 15) is 9.90 Å². The molecule has 0 radical (unpaired) electrons. The molecule has 1 N–H and O–H groups in total. The smallest absolute Gasteiger partial charge is 0.182 e. The average molecular weight is 360 g/mol. The number of aryl methyl sites for hydroxylation is 1. The van der Waals surface area contributed by atoms with E-state index in [0.29, 0.717) is 12.8 Å². The van der Waals surface area contributed by atoms with Gasteiger partial charge >= 0.3 is 0 Å². The minimum Gasteiger partial charge on any atom is -0.392 e. The molecule has 136 valence electrons. The molecule has 2 unspecified atom stereocenters. The third-order valence-corrected chi connectivity index (χ3v) is 5.33. The topological polar surface area (TPSA) is 50.2 Å². The molecule has 0 saturated heterocycles. The van der Waals surface area contributed by atoms with E-state index in [4.69, 9.17) is 4.98 Å². The first kappa shape index (κ1) is 19.8. The maximum atomic E-state index is 12.2. The van der Waals surface area contributed by atoms with Crippen molar-refractivity contribution >= 4 is 17.1 Å². The molecule has 0 saturated carbocycles. The number of carbonyl (C=O) groups excluding carboxylic acids is 1. The summed E-state index contributed by atoms with van der Waals surface area (Å²) < 4.78 is 0. The number of hydrogen-bond acceptors (Lipinski definition) is 4. The van der Waals surface area contributed by atoms with E-state index in [1.165, 1.54) is 19.3 Å². The Kier molecular flexibility index (Phi) is 8.29. The molecule has 4 heteroatoms. The zero-order chi connectivity index (χ0) is 18.1. The standard InChI is InChI=1S/C21H29NO2S/c1-3-5-7-9-16-15-25-21(22-16)19-13-14-20(24)18(19)12-11-17(23)10-8-6-4-2/h6,8,12-15,17,19,23H,3-5,7,9-11H2,1-2H3/b8-6-,18-12+. The molecular formula is C21H29NO2S. The van der Waals surface area contributed by atoms with Gasteiger partial charge in [-0.05, 0) is 38.2 Å². The molecule has 2 atom stereocenters. The molecule has 0 aromatic carbocycles. The third-order valence-electron chi connectivity index (χ3n) is 4.35. The molecule has 25 heavy (non-hydrogen) atoms. The summed E-state index contributed by atoms with van der Waals surface area (Å²) in [4.78, 5) is 16.9. The summed E-state index contributed by atoms with van der Waals surface area (Å²) in [6, 6.07) is 0. The molecule has 1 heterocycles. The Labute approximate surface area is 155 Å². The largest absolute Gasteiger partial charge is 0.392 e. The zero-order valence-electron chi connectivity index (χ0n) is 15.3. The lowest BCUT2D eigenvalue weighted by Crippen LogP contribution is -2.07. The molecule has 0 amide bonds. The summed E-state index contributed by atoms with van der Waals surface area (Å²) in [7, 11) is 0. The summed E-state index contributed by atoms with van der Waals surface area (Å²) in [6.45, 7) is 4.27. The van der Waals surface area contributed by atoms with E-state index in [2.05, 4.69) is 25.3 Å². The second kappa shape index (κ2) is 10.5. The number of allylic oxidation sites excluding steroid dienone is 4. The van der Waals surface area contributed by atoms with Gasteiger partial charge in [-0.25, -0.2) is 4.98 Å². The van der Waals surface area contributed by atoms with Crippen LogP contribution >= 0.6 is 11.3 Å². The van der Waals surface area contributed by atoms with Crippen molar-refractivity contribution in [2.24, 2.45) is 0 Å². The number of nitrogens with zero attached hydrogens (tertiary/aromatic N) is 1. The fraction of sp³-hybridized carbons (Fsp3) is 0.524. The normalized spacial score (nSPS) is 20.2. The highest BCUT2D eigenvalue weighted by Gasteiger charge is 2.26. The van der Waals surface area contributed by atoms with Crippen LogP contribution in [-0.2, 0) is 11.2 Å². The monoisotopic (exact) mass is 359 g/mol. The Morgan fingerprint density at radius 3 is 2.88 bits per heavy atom. The van der Waals surface area contributed by atoms with Gasteiger partial charge < -0.3 is 5.11 Å². The van der Waals surface area contributed by atoms with Crippen molar-refractivity contribution in [3.63, 3.8) is 0 Å². The lowest BCUT2D eigenvalue weighted by atomic mass is 10.00. The van der Waals surface area contributed by atoms with E-state index in [1.807, 2.05) is 18.2 Å². The minimum absolute atomic E-state index is 0.0454. The molecule has 3 nitrogen and oxygen atoms in total.